The van der Waals surface area contributed by atoms with Gasteiger partial charge in [0, 0.05) is 17.8 Å². The molecule has 96 valence electrons. The molecule has 0 aliphatic rings. The molecule has 0 aliphatic carbocycles. The van der Waals surface area contributed by atoms with Crippen LogP contribution in [0.2, 0.25) is 0 Å². The van der Waals surface area contributed by atoms with Crippen molar-refractivity contribution < 1.29 is 0 Å². The molecule has 18 heavy (non-hydrogen) atoms. The summed E-state index contributed by atoms with van der Waals surface area (Å²) in [4.78, 5) is 0. The summed E-state index contributed by atoms with van der Waals surface area (Å²) in [5.74, 6) is 0. The van der Waals surface area contributed by atoms with Gasteiger partial charge in [0.2, 0.25) is 0 Å². The van der Waals surface area contributed by atoms with Gasteiger partial charge in [-0.25, -0.2) is 0 Å². The summed E-state index contributed by atoms with van der Waals surface area (Å²) in [5.41, 5.74) is 6.49. The van der Waals surface area contributed by atoms with Crippen LogP contribution in [0, 0.1) is 20.8 Å². The Labute approximate surface area is 109 Å². The predicted octanol–water partition coefficient (Wildman–Crippen LogP) is 2.58. The molecule has 0 fully saturated rings. The Morgan fingerprint density at radius 2 is 1.94 bits per heavy atom. The molecular weight excluding hydrogens is 222 g/mol. The van der Waals surface area contributed by atoms with Crippen LogP contribution in [-0.4, -0.2) is 16.8 Å². The van der Waals surface area contributed by atoms with E-state index in [1.807, 2.05) is 13.2 Å². The minimum atomic E-state index is 0.844. The molecule has 0 amide bonds. The quantitative estimate of drug-likeness (QED) is 0.894. The first-order chi connectivity index (χ1) is 8.61. The van der Waals surface area contributed by atoms with E-state index in [0.717, 1.165) is 13.1 Å². The predicted molar refractivity (Wildman–Crippen MR) is 74.7 cm³/mol. The Bertz CT molecular complexity index is 541. The van der Waals surface area contributed by atoms with Crippen LogP contribution in [0.5, 0.6) is 0 Å². The van der Waals surface area contributed by atoms with Gasteiger partial charge in [-0.1, -0.05) is 18.2 Å². The molecule has 1 aromatic carbocycles. The average molecular weight is 243 g/mol. The topological polar surface area (TPSA) is 29.9 Å². The summed E-state index contributed by atoms with van der Waals surface area (Å²) in [6.07, 6.45) is 1.95. The van der Waals surface area contributed by atoms with Gasteiger partial charge in [-0.15, -0.1) is 0 Å². The minimum Gasteiger partial charge on any atom is -0.316 e. The normalized spacial score (nSPS) is 10.9. The summed E-state index contributed by atoms with van der Waals surface area (Å²) >= 11 is 0. The average Bonchev–Trinajstić information content (AvgIpc) is 2.67. The van der Waals surface area contributed by atoms with E-state index in [-0.39, 0.29) is 0 Å². The van der Waals surface area contributed by atoms with Crippen LogP contribution in [0.1, 0.15) is 27.9 Å². The Balaban J connectivity index is 2.20. The van der Waals surface area contributed by atoms with Crippen LogP contribution >= 0.6 is 0 Å². The molecule has 2 rings (SSSR count). The standard InChI is InChI=1S/C15H21N3/c1-11-5-6-14(7-12(11)2)10-18-13(3)15(8-16-4)9-17-18/h5-7,9,16H,8,10H2,1-4H3. The van der Waals surface area contributed by atoms with Gasteiger partial charge in [0.15, 0.2) is 0 Å². The SMILES string of the molecule is CNCc1cnn(Cc2ccc(C)c(C)c2)c1C. The number of nitrogens with one attached hydrogen (secondary N) is 1. The minimum absolute atomic E-state index is 0.844. The molecule has 2 aromatic rings. The summed E-state index contributed by atoms with van der Waals surface area (Å²) in [7, 11) is 1.96. The first-order valence-electron chi connectivity index (χ1n) is 6.34. The number of benzene rings is 1. The Morgan fingerprint density at radius 3 is 2.61 bits per heavy atom. The second-order valence-electron chi connectivity index (χ2n) is 4.86. The molecule has 1 heterocycles. The van der Waals surface area contributed by atoms with E-state index in [9.17, 15) is 0 Å². The molecule has 1 N–H and O–H groups in total. The third kappa shape index (κ3) is 2.62. The third-order valence-electron chi connectivity index (χ3n) is 3.48. The molecule has 0 saturated heterocycles. The molecule has 1 aromatic heterocycles. The molecule has 0 aliphatic heterocycles. The maximum atomic E-state index is 4.46. The van der Waals surface area contributed by atoms with E-state index in [4.69, 9.17) is 0 Å². The van der Waals surface area contributed by atoms with Crippen LogP contribution < -0.4 is 5.32 Å². The Kier molecular flexibility index (Phi) is 3.82. The number of hydrogen-bond acceptors (Lipinski definition) is 2. The summed E-state index contributed by atoms with van der Waals surface area (Å²) in [6.45, 7) is 8.14. The Hall–Kier alpha value is -1.61. The van der Waals surface area contributed by atoms with E-state index >= 15 is 0 Å². The van der Waals surface area contributed by atoms with Crippen molar-refractivity contribution in [1.82, 2.24) is 15.1 Å². The lowest BCUT2D eigenvalue weighted by molar-refractivity contribution is 0.661. The summed E-state index contributed by atoms with van der Waals surface area (Å²) in [6, 6.07) is 6.60. The number of aryl methyl sites for hydroxylation is 2. The molecule has 3 heteroatoms. The maximum absolute atomic E-state index is 4.46. The van der Waals surface area contributed by atoms with Gasteiger partial charge in [0.1, 0.15) is 0 Å². The summed E-state index contributed by atoms with van der Waals surface area (Å²) in [5, 5.41) is 7.62. The van der Waals surface area contributed by atoms with Crippen molar-refractivity contribution in [3.8, 4) is 0 Å². The second kappa shape index (κ2) is 5.36. The number of hydrogen-bond donors (Lipinski definition) is 1. The highest BCUT2D eigenvalue weighted by atomic mass is 15.3. The van der Waals surface area contributed by atoms with E-state index in [0.29, 0.717) is 0 Å². The van der Waals surface area contributed by atoms with Crippen LogP contribution in [0.15, 0.2) is 24.4 Å². The molecule has 0 bridgehead atoms. The monoisotopic (exact) mass is 243 g/mol. The molecule has 0 saturated carbocycles. The zero-order valence-corrected chi connectivity index (χ0v) is 11.6. The fraction of sp³-hybridized carbons (Fsp3) is 0.400. The number of aromatic nitrogens is 2. The third-order valence-corrected chi connectivity index (χ3v) is 3.48. The smallest absolute Gasteiger partial charge is 0.0662 e. The maximum Gasteiger partial charge on any atom is 0.0662 e. The van der Waals surface area contributed by atoms with Gasteiger partial charge in [0.05, 0.1) is 12.7 Å². The molecule has 0 spiro atoms. The van der Waals surface area contributed by atoms with Crippen LogP contribution in [0.25, 0.3) is 0 Å². The fourth-order valence-electron chi connectivity index (χ4n) is 2.08. The molecule has 0 atom stereocenters. The summed E-state index contributed by atoms with van der Waals surface area (Å²) < 4.78 is 2.07. The largest absolute Gasteiger partial charge is 0.316 e. The van der Waals surface area contributed by atoms with Crippen molar-refractivity contribution in [3.63, 3.8) is 0 Å². The second-order valence-corrected chi connectivity index (χ2v) is 4.86. The van der Waals surface area contributed by atoms with E-state index < -0.39 is 0 Å². The van der Waals surface area contributed by atoms with Gasteiger partial charge in [0.25, 0.3) is 0 Å². The molecule has 0 unspecified atom stereocenters. The van der Waals surface area contributed by atoms with Crippen molar-refractivity contribution in [2.75, 3.05) is 7.05 Å². The number of nitrogens with zero attached hydrogens (tertiary/aromatic N) is 2. The van der Waals surface area contributed by atoms with E-state index in [1.54, 1.807) is 0 Å². The van der Waals surface area contributed by atoms with Crippen molar-refractivity contribution >= 4 is 0 Å². The van der Waals surface area contributed by atoms with Gasteiger partial charge < -0.3 is 5.32 Å². The highest BCUT2D eigenvalue weighted by molar-refractivity contribution is 5.30. The van der Waals surface area contributed by atoms with Gasteiger partial charge >= 0.3 is 0 Å². The zero-order valence-electron chi connectivity index (χ0n) is 11.6. The first kappa shape index (κ1) is 12.8. The van der Waals surface area contributed by atoms with Crippen molar-refractivity contribution in [3.05, 3.63) is 52.3 Å². The Morgan fingerprint density at radius 1 is 1.17 bits per heavy atom. The first-order valence-corrected chi connectivity index (χ1v) is 6.34. The van der Waals surface area contributed by atoms with Crippen molar-refractivity contribution in [1.29, 1.82) is 0 Å². The lowest BCUT2D eigenvalue weighted by Gasteiger charge is -2.08. The van der Waals surface area contributed by atoms with Crippen LogP contribution in [-0.2, 0) is 13.1 Å². The highest BCUT2D eigenvalue weighted by Crippen LogP contribution is 2.13. The fourth-order valence-corrected chi connectivity index (χ4v) is 2.08. The molecular formula is C15H21N3. The lowest BCUT2D eigenvalue weighted by atomic mass is 10.1. The van der Waals surface area contributed by atoms with Crippen LogP contribution in [0.4, 0.5) is 0 Å². The van der Waals surface area contributed by atoms with Crippen molar-refractivity contribution in [2.24, 2.45) is 0 Å². The van der Waals surface area contributed by atoms with Crippen molar-refractivity contribution in [2.45, 2.75) is 33.9 Å². The van der Waals surface area contributed by atoms with Gasteiger partial charge in [-0.05, 0) is 44.5 Å². The highest BCUT2D eigenvalue weighted by Gasteiger charge is 2.06. The lowest BCUT2D eigenvalue weighted by Crippen LogP contribution is -2.08. The molecule has 0 radical (unpaired) electrons. The van der Waals surface area contributed by atoms with E-state index in [1.165, 1.54) is 27.9 Å². The van der Waals surface area contributed by atoms with E-state index in [2.05, 4.69) is 54.1 Å². The van der Waals surface area contributed by atoms with Gasteiger partial charge in [-0.3, -0.25) is 4.68 Å². The number of rotatable bonds is 4. The zero-order chi connectivity index (χ0) is 13.1. The van der Waals surface area contributed by atoms with Gasteiger partial charge in [-0.2, -0.15) is 5.10 Å². The van der Waals surface area contributed by atoms with Crippen LogP contribution in [0.3, 0.4) is 0 Å². The molecule has 3 nitrogen and oxygen atoms in total.